The molecule has 1 fully saturated rings. The van der Waals surface area contributed by atoms with Crippen LogP contribution in [0.4, 0.5) is 5.82 Å². The highest BCUT2D eigenvalue weighted by atomic mass is 15.1. The quantitative estimate of drug-likeness (QED) is 0.750. The predicted octanol–water partition coefficient (Wildman–Crippen LogP) is 2.47. The number of aromatic nitrogens is 4. The largest absolute Gasteiger partial charge is 0.365 e. The van der Waals surface area contributed by atoms with Crippen molar-refractivity contribution in [2.45, 2.75) is 25.9 Å². The summed E-state index contributed by atoms with van der Waals surface area (Å²) < 4.78 is 2.18. The van der Waals surface area contributed by atoms with Gasteiger partial charge in [-0.15, -0.1) is 0 Å². The maximum atomic E-state index is 4.76. The zero-order chi connectivity index (χ0) is 17.1. The van der Waals surface area contributed by atoms with Gasteiger partial charge in [-0.1, -0.05) is 30.3 Å². The van der Waals surface area contributed by atoms with Gasteiger partial charge >= 0.3 is 0 Å². The summed E-state index contributed by atoms with van der Waals surface area (Å²) in [6, 6.07) is 10.8. The SMILES string of the molecule is Cc1ncc(-c2cncc(NC3CCNC3)n2)n1Cc1ccccc1. The lowest BCUT2D eigenvalue weighted by molar-refractivity contribution is 0.764. The second-order valence-electron chi connectivity index (χ2n) is 6.39. The molecule has 4 rings (SSSR count). The van der Waals surface area contributed by atoms with Crippen LogP contribution in [-0.4, -0.2) is 38.7 Å². The van der Waals surface area contributed by atoms with Crippen LogP contribution in [0.5, 0.6) is 0 Å². The lowest BCUT2D eigenvalue weighted by atomic mass is 10.2. The number of nitrogens with zero attached hydrogens (tertiary/aromatic N) is 4. The normalized spacial score (nSPS) is 16.9. The molecule has 1 saturated heterocycles. The van der Waals surface area contributed by atoms with E-state index in [1.165, 1.54) is 5.56 Å². The fourth-order valence-corrected chi connectivity index (χ4v) is 3.18. The predicted molar refractivity (Wildman–Crippen MR) is 98.4 cm³/mol. The number of imidazole rings is 1. The van der Waals surface area contributed by atoms with Gasteiger partial charge in [0.2, 0.25) is 0 Å². The van der Waals surface area contributed by atoms with E-state index < -0.39 is 0 Å². The molecule has 128 valence electrons. The molecule has 1 aliphatic rings. The van der Waals surface area contributed by atoms with E-state index in [4.69, 9.17) is 4.98 Å². The second-order valence-corrected chi connectivity index (χ2v) is 6.39. The Balaban J connectivity index is 1.61. The standard InChI is InChI=1S/C19H22N6/c1-14-22-11-18(25(14)13-15-5-3-2-4-6-15)17-10-21-12-19(24-17)23-16-7-8-20-9-16/h2-6,10-12,16,20H,7-9,13H2,1H3,(H,23,24). The molecule has 1 aromatic carbocycles. The van der Waals surface area contributed by atoms with Crippen molar-refractivity contribution >= 4 is 5.82 Å². The first-order valence-corrected chi connectivity index (χ1v) is 8.65. The van der Waals surface area contributed by atoms with Crippen molar-refractivity contribution in [3.05, 3.63) is 60.3 Å². The van der Waals surface area contributed by atoms with E-state index in [-0.39, 0.29) is 0 Å². The molecule has 0 spiro atoms. The first kappa shape index (κ1) is 15.8. The molecule has 0 bridgehead atoms. The van der Waals surface area contributed by atoms with Gasteiger partial charge in [-0.25, -0.2) is 9.97 Å². The minimum atomic E-state index is 0.417. The van der Waals surface area contributed by atoms with Gasteiger partial charge in [0.1, 0.15) is 17.3 Å². The fraction of sp³-hybridized carbons (Fsp3) is 0.316. The Kier molecular flexibility index (Phi) is 4.43. The van der Waals surface area contributed by atoms with Crippen LogP contribution in [0, 0.1) is 6.92 Å². The van der Waals surface area contributed by atoms with Crippen LogP contribution in [0.25, 0.3) is 11.4 Å². The zero-order valence-corrected chi connectivity index (χ0v) is 14.3. The number of rotatable bonds is 5. The molecule has 3 aromatic rings. The van der Waals surface area contributed by atoms with Gasteiger partial charge in [0.15, 0.2) is 0 Å². The highest BCUT2D eigenvalue weighted by Gasteiger charge is 2.16. The molecule has 2 N–H and O–H groups in total. The molecule has 3 heterocycles. The number of nitrogens with one attached hydrogen (secondary N) is 2. The van der Waals surface area contributed by atoms with Gasteiger partial charge in [-0.2, -0.15) is 0 Å². The third-order valence-corrected chi connectivity index (χ3v) is 4.55. The van der Waals surface area contributed by atoms with Gasteiger partial charge in [0.05, 0.1) is 24.3 Å². The van der Waals surface area contributed by atoms with Crippen molar-refractivity contribution < 1.29 is 0 Å². The Morgan fingerprint density at radius 1 is 1.20 bits per heavy atom. The smallest absolute Gasteiger partial charge is 0.145 e. The molecule has 0 amide bonds. The Morgan fingerprint density at radius 3 is 2.88 bits per heavy atom. The molecule has 6 nitrogen and oxygen atoms in total. The molecule has 1 unspecified atom stereocenters. The van der Waals surface area contributed by atoms with Crippen molar-refractivity contribution in [2.24, 2.45) is 0 Å². The van der Waals surface area contributed by atoms with E-state index in [1.807, 2.05) is 19.2 Å². The Hall–Kier alpha value is -2.73. The van der Waals surface area contributed by atoms with Crippen LogP contribution < -0.4 is 10.6 Å². The number of aryl methyl sites for hydroxylation is 1. The Morgan fingerprint density at radius 2 is 2.08 bits per heavy atom. The van der Waals surface area contributed by atoms with Crippen molar-refractivity contribution in [1.82, 2.24) is 24.8 Å². The summed E-state index contributed by atoms with van der Waals surface area (Å²) in [5.74, 6) is 1.79. The lowest BCUT2D eigenvalue weighted by Crippen LogP contribution is -2.22. The summed E-state index contributed by atoms with van der Waals surface area (Å²) in [5, 5.41) is 6.82. The van der Waals surface area contributed by atoms with Crippen molar-refractivity contribution in [3.8, 4) is 11.4 Å². The van der Waals surface area contributed by atoms with Crippen LogP contribution in [0.2, 0.25) is 0 Å². The molecular formula is C19H22N6. The van der Waals surface area contributed by atoms with E-state index in [1.54, 1.807) is 12.4 Å². The maximum absolute atomic E-state index is 4.76. The van der Waals surface area contributed by atoms with Crippen molar-refractivity contribution in [1.29, 1.82) is 0 Å². The molecular weight excluding hydrogens is 312 g/mol. The molecule has 0 radical (unpaired) electrons. The zero-order valence-electron chi connectivity index (χ0n) is 14.3. The average molecular weight is 334 g/mol. The molecule has 1 aliphatic heterocycles. The number of hydrogen-bond acceptors (Lipinski definition) is 5. The van der Waals surface area contributed by atoms with Gasteiger partial charge in [0.25, 0.3) is 0 Å². The number of benzene rings is 1. The van der Waals surface area contributed by atoms with Crippen LogP contribution >= 0.6 is 0 Å². The van der Waals surface area contributed by atoms with Gasteiger partial charge in [0, 0.05) is 19.1 Å². The van der Waals surface area contributed by atoms with E-state index >= 15 is 0 Å². The van der Waals surface area contributed by atoms with Crippen LogP contribution in [0.1, 0.15) is 17.8 Å². The van der Waals surface area contributed by atoms with E-state index in [0.717, 1.165) is 49.1 Å². The number of hydrogen-bond donors (Lipinski definition) is 2. The lowest BCUT2D eigenvalue weighted by Gasteiger charge is -2.13. The van der Waals surface area contributed by atoms with E-state index in [0.29, 0.717) is 6.04 Å². The molecule has 25 heavy (non-hydrogen) atoms. The van der Waals surface area contributed by atoms with Gasteiger partial charge in [-0.3, -0.25) is 4.98 Å². The average Bonchev–Trinajstić information content (AvgIpc) is 3.27. The minimum absolute atomic E-state index is 0.417. The highest BCUT2D eigenvalue weighted by molar-refractivity contribution is 5.56. The second kappa shape index (κ2) is 7.03. The summed E-state index contributed by atoms with van der Waals surface area (Å²) in [5.41, 5.74) is 3.07. The highest BCUT2D eigenvalue weighted by Crippen LogP contribution is 2.21. The van der Waals surface area contributed by atoms with E-state index in [2.05, 4.69) is 49.4 Å². The molecule has 1 atom stereocenters. The Bertz CT molecular complexity index is 836. The molecule has 6 heteroatoms. The van der Waals surface area contributed by atoms with Crippen LogP contribution in [-0.2, 0) is 6.54 Å². The van der Waals surface area contributed by atoms with Gasteiger partial charge in [-0.05, 0) is 25.5 Å². The molecule has 0 aliphatic carbocycles. The summed E-state index contributed by atoms with van der Waals surface area (Å²) >= 11 is 0. The van der Waals surface area contributed by atoms with Crippen molar-refractivity contribution in [3.63, 3.8) is 0 Å². The third kappa shape index (κ3) is 3.53. The summed E-state index contributed by atoms with van der Waals surface area (Å²) in [6.45, 7) is 4.81. The first-order chi connectivity index (χ1) is 12.3. The topological polar surface area (TPSA) is 67.7 Å². The van der Waals surface area contributed by atoms with Crippen LogP contribution in [0.3, 0.4) is 0 Å². The monoisotopic (exact) mass is 334 g/mol. The number of anilines is 1. The third-order valence-electron chi connectivity index (χ3n) is 4.55. The maximum Gasteiger partial charge on any atom is 0.145 e. The summed E-state index contributed by atoms with van der Waals surface area (Å²) in [4.78, 5) is 13.6. The minimum Gasteiger partial charge on any atom is -0.365 e. The fourth-order valence-electron chi connectivity index (χ4n) is 3.18. The van der Waals surface area contributed by atoms with E-state index in [9.17, 15) is 0 Å². The van der Waals surface area contributed by atoms with Crippen molar-refractivity contribution in [2.75, 3.05) is 18.4 Å². The molecule has 0 saturated carbocycles. The van der Waals surface area contributed by atoms with Gasteiger partial charge < -0.3 is 15.2 Å². The molecule has 2 aromatic heterocycles. The summed E-state index contributed by atoms with van der Waals surface area (Å²) in [6.07, 6.45) is 6.57. The summed E-state index contributed by atoms with van der Waals surface area (Å²) in [7, 11) is 0. The first-order valence-electron chi connectivity index (χ1n) is 8.65. The Labute approximate surface area is 147 Å². The van der Waals surface area contributed by atoms with Crippen LogP contribution in [0.15, 0.2) is 48.9 Å².